The van der Waals surface area contributed by atoms with Crippen molar-refractivity contribution in [3.63, 3.8) is 0 Å². The number of carbonyl (C=O) groups is 1. The highest BCUT2D eigenvalue weighted by Gasteiger charge is 2.53. The van der Waals surface area contributed by atoms with Gasteiger partial charge in [-0.15, -0.1) is 5.10 Å². The van der Waals surface area contributed by atoms with Crippen molar-refractivity contribution in [1.29, 1.82) is 0 Å². The number of ether oxygens (including phenoxy) is 6. The fraction of sp³-hybridized carbons (Fsp3) is 0.824. The fourth-order valence-corrected chi connectivity index (χ4v) is 11.8. The van der Waals surface area contributed by atoms with E-state index in [1.165, 1.54) is 20.3 Å². The first kappa shape index (κ1) is 59.2. The standard InChI is InChI=1S/C51H87N5O14S/c1-15-40-51(10,62)44(58)34(6)55(12)27-30(2)25-49(8,61)46(32(4)43(33(5)47(60)68-40)69-41-26-50(9,65-13)45(59)35(7)67-41)70-48-42(57)39(24-31(3)66-48)54(11)22-21-38-28-56(53-52-38)23-20-36-16-18-37(19-17-36)29-71(14,63)64/h16-19,28,30-35,39-46,48,57-59,61-62H,15,20-27,29H2,1-14H3/t30-,31-,32+,33-,34-,35+,39+,40-,41+,42-,43+,44-,45+,46-,48+,49-,50-,51-/m1/s1. The molecule has 3 saturated heterocycles. The third-order valence-electron chi connectivity index (χ3n) is 15.5. The molecule has 3 aliphatic rings. The highest BCUT2D eigenvalue weighted by Crippen LogP contribution is 2.40. The van der Waals surface area contributed by atoms with Gasteiger partial charge in [0, 0.05) is 70.0 Å². The van der Waals surface area contributed by atoms with Crippen LogP contribution in [0, 0.1) is 17.8 Å². The Hall–Kier alpha value is -2.70. The molecule has 0 amide bonds. The number of nitrogens with zero attached hydrogens (tertiary/aromatic N) is 5. The largest absolute Gasteiger partial charge is 0.459 e. The second kappa shape index (κ2) is 24.3. The van der Waals surface area contributed by atoms with E-state index >= 15 is 0 Å². The molecule has 1 aromatic carbocycles. The summed E-state index contributed by atoms with van der Waals surface area (Å²) >= 11 is 0. The van der Waals surface area contributed by atoms with Crippen molar-refractivity contribution in [3.8, 4) is 0 Å². The molecule has 0 bridgehead atoms. The summed E-state index contributed by atoms with van der Waals surface area (Å²) in [5, 5.41) is 68.4. The number of hydrogen-bond acceptors (Lipinski definition) is 18. The van der Waals surface area contributed by atoms with Crippen LogP contribution < -0.4 is 0 Å². The Kier molecular flexibility index (Phi) is 20.3. The summed E-state index contributed by atoms with van der Waals surface area (Å²) in [5.74, 6) is -2.81. The van der Waals surface area contributed by atoms with Gasteiger partial charge in [0.15, 0.2) is 22.4 Å². The van der Waals surface area contributed by atoms with Gasteiger partial charge < -0.3 is 63.8 Å². The van der Waals surface area contributed by atoms with Crippen molar-refractivity contribution in [2.45, 2.75) is 210 Å². The second-order valence-corrected chi connectivity index (χ2v) is 24.2. The number of sulfone groups is 1. The number of likely N-dealkylation sites (N-methyl/N-ethyl adjacent to an activating group) is 2. The molecule has 18 atom stereocenters. The average Bonchev–Trinajstić information content (AvgIpc) is 3.76. The van der Waals surface area contributed by atoms with Crippen molar-refractivity contribution >= 4 is 15.8 Å². The van der Waals surface area contributed by atoms with E-state index in [0.717, 1.165) is 16.8 Å². The van der Waals surface area contributed by atoms with Gasteiger partial charge in [-0.25, -0.2) is 8.42 Å². The van der Waals surface area contributed by atoms with Gasteiger partial charge in [-0.2, -0.15) is 0 Å². The molecule has 3 fully saturated rings. The Morgan fingerprint density at radius 2 is 1.58 bits per heavy atom. The molecule has 20 heteroatoms. The SMILES string of the molecule is CC[C@H]1OC(=O)[C@H](C)[C@@H](O[C@H]2C[C@@](C)(OC)[C@@H](O)[C@H](C)O2)[C@H](C)[C@@H](O[C@@H]2O[C@H](C)C[C@H](N(C)CCc3cn(CCc4ccc(CS(C)(=O)=O)cc4)nn3)[C@H]2O)[C@](C)(O)C[C@@H](C)CN(C)[C@H](C)[C@@H](O)[C@]1(C)O. The van der Waals surface area contributed by atoms with Crippen LogP contribution in [0.5, 0.6) is 0 Å². The highest BCUT2D eigenvalue weighted by atomic mass is 32.2. The predicted molar refractivity (Wildman–Crippen MR) is 266 cm³/mol. The normalized spacial score (nSPS) is 39.7. The molecule has 4 heterocycles. The Bertz CT molecular complexity index is 2110. The lowest BCUT2D eigenvalue weighted by atomic mass is 9.77. The van der Waals surface area contributed by atoms with E-state index in [1.807, 2.05) is 70.2 Å². The molecule has 0 aliphatic carbocycles. The van der Waals surface area contributed by atoms with E-state index in [1.54, 1.807) is 46.2 Å². The molecule has 1 aromatic heterocycles. The van der Waals surface area contributed by atoms with Gasteiger partial charge in [0.25, 0.3) is 0 Å². The molecule has 5 rings (SSSR count). The first-order valence-corrected chi connectivity index (χ1v) is 27.5. The summed E-state index contributed by atoms with van der Waals surface area (Å²) in [6.45, 7) is 19.0. The summed E-state index contributed by atoms with van der Waals surface area (Å²) < 4.78 is 63.4. The lowest BCUT2D eigenvalue weighted by molar-refractivity contribution is -0.318. The third-order valence-corrected chi connectivity index (χ3v) is 16.4. The summed E-state index contributed by atoms with van der Waals surface area (Å²) in [5.41, 5.74) is -1.98. The maximum Gasteiger partial charge on any atom is 0.311 e. The number of hydrogen-bond donors (Lipinski definition) is 5. The minimum Gasteiger partial charge on any atom is -0.459 e. The van der Waals surface area contributed by atoms with E-state index in [9.17, 15) is 38.7 Å². The quantitative estimate of drug-likeness (QED) is 0.161. The predicted octanol–water partition coefficient (Wildman–Crippen LogP) is 2.89. The molecule has 406 valence electrons. The zero-order valence-corrected chi connectivity index (χ0v) is 45.5. The number of esters is 1. The number of aliphatic hydroxyl groups excluding tert-OH is 3. The van der Waals surface area contributed by atoms with Gasteiger partial charge in [-0.3, -0.25) is 9.48 Å². The van der Waals surface area contributed by atoms with Gasteiger partial charge in [-0.1, -0.05) is 50.3 Å². The fourth-order valence-electron chi connectivity index (χ4n) is 11.0. The zero-order valence-electron chi connectivity index (χ0n) is 44.7. The van der Waals surface area contributed by atoms with Crippen LogP contribution in [0.4, 0.5) is 0 Å². The van der Waals surface area contributed by atoms with Crippen molar-refractivity contribution < 1.29 is 67.2 Å². The van der Waals surface area contributed by atoms with Crippen LogP contribution in [-0.4, -0.2) is 196 Å². The van der Waals surface area contributed by atoms with Gasteiger partial charge in [-0.05, 0) is 105 Å². The first-order valence-electron chi connectivity index (χ1n) is 25.4. The van der Waals surface area contributed by atoms with E-state index in [-0.39, 0.29) is 37.0 Å². The summed E-state index contributed by atoms with van der Waals surface area (Å²) in [6.07, 6.45) is -4.79. The molecule has 19 nitrogen and oxygen atoms in total. The van der Waals surface area contributed by atoms with E-state index < -0.39 is 112 Å². The molecule has 0 radical (unpaired) electrons. The van der Waals surface area contributed by atoms with E-state index in [4.69, 9.17) is 28.4 Å². The second-order valence-electron chi connectivity index (χ2n) is 22.0. The number of aryl methyl sites for hydroxylation is 2. The van der Waals surface area contributed by atoms with Gasteiger partial charge >= 0.3 is 5.97 Å². The van der Waals surface area contributed by atoms with Crippen LogP contribution in [-0.2, 0) is 68.2 Å². The lowest BCUT2D eigenvalue weighted by Crippen LogP contribution is -2.61. The zero-order chi connectivity index (χ0) is 53.0. The molecule has 5 N–H and O–H groups in total. The topological polar surface area (TPSA) is 245 Å². The molecular weight excluding hydrogens is 939 g/mol. The van der Waals surface area contributed by atoms with Gasteiger partial charge in [0.1, 0.15) is 30.0 Å². The number of rotatable bonds is 15. The Morgan fingerprint density at radius 3 is 2.20 bits per heavy atom. The van der Waals surface area contributed by atoms with Crippen molar-refractivity contribution in [2.75, 3.05) is 40.6 Å². The number of methoxy groups -OCH3 is 1. The monoisotopic (exact) mass is 1030 g/mol. The number of aliphatic hydroxyl groups is 5. The Balaban J connectivity index is 1.40. The van der Waals surface area contributed by atoms with E-state index in [0.29, 0.717) is 38.9 Å². The van der Waals surface area contributed by atoms with Crippen LogP contribution in [0.1, 0.15) is 112 Å². The van der Waals surface area contributed by atoms with Crippen molar-refractivity contribution in [1.82, 2.24) is 24.8 Å². The molecule has 0 spiro atoms. The molecule has 0 unspecified atom stereocenters. The van der Waals surface area contributed by atoms with Crippen LogP contribution in [0.2, 0.25) is 0 Å². The number of benzene rings is 1. The van der Waals surface area contributed by atoms with E-state index in [2.05, 4.69) is 15.2 Å². The summed E-state index contributed by atoms with van der Waals surface area (Å²) in [7, 11) is 2.14. The summed E-state index contributed by atoms with van der Waals surface area (Å²) in [6, 6.07) is 6.51. The minimum absolute atomic E-state index is 0.00166. The van der Waals surface area contributed by atoms with Crippen molar-refractivity contribution in [2.24, 2.45) is 17.8 Å². The molecule has 0 saturated carbocycles. The lowest BCUT2D eigenvalue weighted by Gasteiger charge is -2.49. The average molecular weight is 1030 g/mol. The molecule has 71 heavy (non-hydrogen) atoms. The smallest absolute Gasteiger partial charge is 0.311 e. The van der Waals surface area contributed by atoms with Crippen LogP contribution in [0.15, 0.2) is 30.5 Å². The van der Waals surface area contributed by atoms with Crippen LogP contribution in [0.25, 0.3) is 0 Å². The van der Waals surface area contributed by atoms with Crippen LogP contribution >= 0.6 is 0 Å². The Morgan fingerprint density at radius 1 is 0.930 bits per heavy atom. The van der Waals surface area contributed by atoms with Crippen molar-refractivity contribution in [3.05, 3.63) is 47.3 Å². The Labute approximate surface area is 422 Å². The number of carbonyl (C=O) groups excluding carboxylic acids is 1. The van der Waals surface area contributed by atoms with Gasteiger partial charge in [0.2, 0.25) is 0 Å². The maximum absolute atomic E-state index is 14.5. The number of aromatic nitrogens is 3. The van der Waals surface area contributed by atoms with Crippen LogP contribution in [0.3, 0.4) is 0 Å². The number of cyclic esters (lactones) is 1. The first-order chi connectivity index (χ1) is 33.0. The van der Waals surface area contributed by atoms with Gasteiger partial charge in [0.05, 0.1) is 53.0 Å². The molecular formula is C51H87N5O14S. The molecule has 3 aliphatic heterocycles. The molecule has 2 aromatic rings. The maximum atomic E-state index is 14.5. The summed E-state index contributed by atoms with van der Waals surface area (Å²) in [4.78, 5) is 18.4. The minimum atomic E-state index is -3.12. The highest BCUT2D eigenvalue weighted by molar-refractivity contribution is 7.89. The third kappa shape index (κ3) is 15.0.